The number of aliphatic hydroxyl groups is 2. The Morgan fingerprint density at radius 1 is 0.254 bits per heavy atom. The summed E-state index contributed by atoms with van der Waals surface area (Å²) >= 11 is 0. The highest BCUT2D eigenvalue weighted by Gasteiger charge is 3.01. The van der Waals surface area contributed by atoms with Gasteiger partial charge in [-0.15, -0.1) is 0 Å². The normalized spacial score (nSPS) is 21.3. The van der Waals surface area contributed by atoms with E-state index in [1.807, 2.05) is 0 Å². The van der Waals surface area contributed by atoms with Crippen LogP contribution in [0.5, 0.6) is 0 Å². The highest BCUT2D eigenvalue weighted by Crippen LogP contribution is 2.70. The average Bonchev–Trinajstić information content (AvgIpc) is 3.36. The number of rotatable bonds is 14. The molecule has 0 aromatic rings. The molecule has 0 aliphatic carbocycles. The maximum absolute atomic E-state index is 15.5. The SMILES string of the molecule is CC1(C)O[C@@H](C(O)(C(F)(F)C(F)(F)C(F)(F)C(F)(F)F)C(F)(F)C(F)(F)C(F)(F)C(F)(F)F)[C@H](C(O)(C(F)(F)C(F)(F)C(F)(F)C(F)(F)F)C(F)(F)C(F)(F)C(F)(F)C(F)(F)F)O1. The molecule has 2 atom stereocenters. The number of halogens is 36. The molecule has 0 aromatic heterocycles. The highest BCUT2D eigenvalue weighted by molar-refractivity contribution is 5.30. The van der Waals surface area contributed by atoms with Gasteiger partial charge in [0.1, 0.15) is 12.2 Å². The third-order valence-corrected chi connectivity index (χ3v) is 8.41. The summed E-state index contributed by atoms with van der Waals surface area (Å²) in [4.78, 5) is 0. The molecule has 378 valence electrons. The van der Waals surface area contributed by atoms with Crippen molar-refractivity contribution in [2.45, 2.75) is 139 Å². The van der Waals surface area contributed by atoms with Gasteiger partial charge in [-0.2, -0.15) is 158 Å². The summed E-state index contributed by atoms with van der Waals surface area (Å²) in [6.45, 7) is -2.08. The predicted octanol–water partition coefficient (Wildman–Crippen LogP) is 10.8. The van der Waals surface area contributed by atoms with E-state index in [9.17, 15) is 133 Å². The van der Waals surface area contributed by atoms with E-state index in [0.29, 0.717) is 0 Å². The minimum Gasteiger partial charge on any atom is -0.376 e. The van der Waals surface area contributed by atoms with Crippen LogP contribution in [0.4, 0.5) is 158 Å². The lowest BCUT2D eigenvalue weighted by atomic mass is 9.66. The Labute approximate surface area is 318 Å². The molecule has 0 unspecified atom stereocenters. The smallest absolute Gasteiger partial charge is 0.376 e. The van der Waals surface area contributed by atoms with Gasteiger partial charge in [-0.1, -0.05) is 0 Å². The van der Waals surface area contributed by atoms with Crippen LogP contribution in [0.2, 0.25) is 0 Å². The van der Waals surface area contributed by atoms with Crippen LogP contribution in [-0.2, 0) is 9.47 Å². The van der Waals surface area contributed by atoms with Crippen molar-refractivity contribution in [3.8, 4) is 0 Å². The van der Waals surface area contributed by atoms with Crippen LogP contribution in [0.15, 0.2) is 0 Å². The maximum Gasteiger partial charge on any atom is 0.460 e. The summed E-state index contributed by atoms with van der Waals surface area (Å²) in [6, 6.07) is 0. The van der Waals surface area contributed by atoms with Crippen LogP contribution in [0.3, 0.4) is 0 Å². The Kier molecular flexibility index (Phi) is 13.1. The van der Waals surface area contributed by atoms with Crippen molar-refractivity contribution < 1.29 is 178 Å². The zero-order chi connectivity index (χ0) is 52.1. The van der Waals surface area contributed by atoms with Gasteiger partial charge in [0, 0.05) is 0 Å². The number of hydrogen-bond donors (Lipinski definition) is 2. The first-order valence-electron chi connectivity index (χ1n) is 14.0. The number of ether oxygens (including phenoxy) is 2. The maximum atomic E-state index is 15.5. The second kappa shape index (κ2) is 14.2. The fourth-order valence-electron chi connectivity index (χ4n) is 4.94. The summed E-state index contributed by atoms with van der Waals surface area (Å²) in [7, 11) is 0. The largest absolute Gasteiger partial charge is 0.460 e. The van der Waals surface area contributed by atoms with Crippen LogP contribution in [0.1, 0.15) is 13.8 Å². The van der Waals surface area contributed by atoms with Crippen LogP contribution in [-0.4, -0.2) is 135 Å². The van der Waals surface area contributed by atoms with Gasteiger partial charge in [-0.25, -0.2) is 0 Å². The standard InChI is InChI=1S/C23H10F36O4/c1-5(2)62-3(6(60,8(24,25)12(32,33)16(40,41)20(48,49)50)9(26,27)13(34,35)17(42,43)21(51,52)53)4(63-5)7(61,10(28,29)14(36,37)18(44,45)22(54,55)56)11(30,31)15(38,39)19(46,47)23(57,58)59/h3-4,60-61H,1-2H3/t3-,4-/m1/s1. The van der Waals surface area contributed by atoms with Crippen molar-refractivity contribution in [2.75, 3.05) is 0 Å². The number of hydrogen-bond acceptors (Lipinski definition) is 4. The summed E-state index contributed by atoms with van der Waals surface area (Å²) in [5.41, 5.74) is -19.4. The highest BCUT2D eigenvalue weighted by atomic mass is 19.5. The topological polar surface area (TPSA) is 58.9 Å². The molecule has 1 aliphatic heterocycles. The first-order chi connectivity index (χ1) is 26.4. The van der Waals surface area contributed by atoms with Gasteiger partial charge in [-0.05, 0) is 13.8 Å². The lowest BCUT2D eigenvalue weighted by Crippen LogP contribution is -2.86. The Hall–Kier alpha value is -2.68. The minimum atomic E-state index is -10.1. The van der Waals surface area contributed by atoms with E-state index >= 15 is 35.1 Å². The van der Waals surface area contributed by atoms with Crippen LogP contribution < -0.4 is 0 Å². The molecule has 0 radical (unpaired) electrons. The molecular formula is C23H10F36O4. The van der Waals surface area contributed by atoms with Crippen LogP contribution >= 0.6 is 0 Å². The van der Waals surface area contributed by atoms with Crippen LogP contribution in [0, 0.1) is 0 Å². The molecule has 1 fully saturated rings. The molecule has 0 aromatic carbocycles. The fourth-order valence-corrected chi connectivity index (χ4v) is 4.94. The third kappa shape index (κ3) is 6.96. The van der Waals surface area contributed by atoms with E-state index in [4.69, 9.17) is 0 Å². The first kappa shape index (κ1) is 58.3. The summed E-state index contributed by atoms with van der Waals surface area (Å²) in [5.74, 6) is -122. The van der Waals surface area contributed by atoms with E-state index in [1.54, 1.807) is 0 Å². The van der Waals surface area contributed by atoms with Crippen molar-refractivity contribution in [1.82, 2.24) is 0 Å². The quantitative estimate of drug-likeness (QED) is 0.170. The predicted molar refractivity (Wildman–Crippen MR) is 117 cm³/mol. The first-order valence-corrected chi connectivity index (χ1v) is 14.0. The minimum absolute atomic E-state index is 1.04. The molecule has 1 rings (SSSR count). The molecular weight excluding hydrogens is 1020 g/mol. The average molecular weight is 1030 g/mol. The van der Waals surface area contributed by atoms with Crippen molar-refractivity contribution in [3.05, 3.63) is 0 Å². The Morgan fingerprint density at radius 2 is 0.381 bits per heavy atom. The van der Waals surface area contributed by atoms with Gasteiger partial charge >= 0.3 is 95.8 Å². The zero-order valence-corrected chi connectivity index (χ0v) is 28.0. The molecule has 0 saturated carbocycles. The molecule has 1 saturated heterocycles. The molecule has 63 heavy (non-hydrogen) atoms. The Balaban J connectivity index is 5.28. The van der Waals surface area contributed by atoms with E-state index in [2.05, 4.69) is 9.47 Å². The second-order valence-electron chi connectivity index (χ2n) is 12.9. The Bertz CT molecular complexity index is 1460. The molecule has 1 aliphatic rings. The monoisotopic (exact) mass is 1030 g/mol. The molecule has 2 N–H and O–H groups in total. The summed E-state index contributed by atoms with van der Waals surface area (Å²) in [6.07, 6.45) is -50.1. The molecule has 4 nitrogen and oxygen atoms in total. The van der Waals surface area contributed by atoms with Crippen LogP contribution in [0.25, 0.3) is 0 Å². The molecule has 1 heterocycles. The van der Waals surface area contributed by atoms with E-state index in [-0.39, 0.29) is 0 Å². The van der Waals surface area contributed by atoms with Gasteiger partial charge in [0.15, 0.2) is 5.79 Å². The lowest BCUT2D eigenvalue weighted by Gasteiger charge is -2.54. The van der Waals surface area contributed by atoms with E-state index < -0.39 is 139 Å². The van der Waals surface area contributed by atoms with Crippen molar-refractivity contribution in [1.29, 1.82) is 0 Å². The lowest BCUT2D eigenvalue weighted by molar-refractivity contribution is -0.487. The van der Waals surface area contributed by atoms with Gasteiger partial charge in [-0.3, -0.25) is 0 Å². The molecule has 0 bridgehead atoms. The summed E-state index contributed by atoms with van der Waals surface area (Å²) < 4.78 is 511. The van der Waals surface area contributed by atoms with Gasteiger partial charge in [0.2, 0.25) is 11.2 Å². The zero-order valence-electron chi connectivity index (χ0n) is 28.0. The molecule has 0 spiro atoms. The second-order valence-corrected chi connectivity index (χ2v) is 12.9. The van der Waals surface area contributed by atoms with E-state index in [0.717, 1.165) is 0 Å². The van der Waals surface area contributed by atoms with Crippen molar-refractivity contribution in [3.63, 3.8) is 0 Å². The van der Waals surface area contributed by atoms with E-state index in [1.165, 1.54) is 0 Å². The van der Waals surface area contributed by atoms with Gasteiger partial charge < -0.3 is 19.7 Å². The van der Waals surface area contributed by atoms with Crippen molar-refractivity contribution >= 4 is 0 Å². The Morgan fingerprint density at radius 3 is 0.492 bits per heavy atom. The fraction of sp³-hybridized carbons (Fsp3) is 1.00. The number of alkyl halides is 36. The van der Waals surface area contributed by atoms with Gasteiger partial charge in [0.05, 0.1) is 0 Å². The van der Waals surface area contributed by atoms with Crippen molar-refractivity contribution in [2.24, 2.45) is 0 Å². The molecule has 40 heteroatoms. The third-order valence-electron chi connectivity index (χ3n) is 8.41. The molecule has 0 amide bonds. The van der Waals surface area contributed by atoms with Gasteiger partial charge in [0.25, 0.3) is 0 Å². The summed E-state index contributed by atoms with van der Waals surface area (Å²) in [5, 5.41) is 20.2.